The molecule has 2 aromatic rings. The molecule has 0 unspecified atom stereocenters. The number of carbonyl (C=O) groups excluding carboxylic acids is 1. The molecule has 0 radical (unpaired) electrons. The van der Waals surface area contributed by atoms with Crippen LogP contribution in [-0.4, -0.2) is 21.1 Å². The summed E-state index contributed by atoms with van der Waals surface area (Å²) in [7, 11) is 0. The summed E-state index contributed by atoms with van der Waals surface area (Å²) in [5, 5.41) is 9.97. The van der Waals surface area contributed by atoms with Crippen LogP contribution in [0.5, 0.6) is 0 Å². The molecule has 2 heterocycles. The van der Waals surface area contributed by atoms with Crippen molar-refractivity contribution in [2.24, 2.45) is 5.92 Å². The quantitative estimate of drug-likeness (QED) is 0.855. The van der Waals surface area contributed by atoms with Gasteiger partial charge in [-0.05, 0) is 31.4 Å². The average molecular weight is 327 g/mol. The van der Waals surface area contributed by atoms with Crippen LogP contribution in [0, 0.1) is 12.8 Å². The number of carbonyl (C=O) groups is 1. The summed E-state index contributed by atoms with van der Waals surface area (Å²) in [4.78, 5) is 17.5. The fourth-order valence-corrected chi connectivity index (χ4v) is 3.08. The van der Waals surface area contributed by atoms with Crippen molar-refractivity contribution in [1.82, 2.24) is 20.5 Å². The second kappa shape index (κ2) is 7.04. The molecule has 0 saturated carbocycles. The molecule has 21 heavy (non-hydrogen) atoms. The van der Waals surface area contributed by atoms with E-state index in [2.05, 4.69) is 20.5 Å². The Balaban J connectivity index is 1.92. The molecule has 1 atom stereocenters. The second-order valence-electron chi connectivity index (χ2n) is 5.27. The van der Waals surface area contributed by atoms with Gasteiger partial charge in [-0.1, -0.05) is 25.4 Å². The number of thiophene rings is 1. The number of hydrogen-bond acceptors (Lipinski definition) is 4. The third-order valence-corrected chi connectivity index (χ3v) is 4.39. The van der Waals surface area contributed by atoms with E-state index in [1.165, 1.54) is 11.3 Å². The zero-order chi connectivity index (χ0) is 15.4. The monoisotopic (exact) mass is 326 g/mol. The number of hydrogen-bond donors (Lipinski definition) is 2. The van der Waals surface area contributed by atoms with E-state index in [4.69, 9.17) is 11.6 Å². The van der Waals surface area contributed by atoms with Gasteiger partial charge >= 0.3 is 0 Å². The first-order chi connectivity index (χ1) is 9.95. The topological polar surface area (TPSA) is 70.7 Å². The Morgan fingerprint density at radius 2 is 2.24 bits per heavy atom. The van der Waals surface area contributed by atoms with E-state index in [0.29, 0.717) is 18.7 Å². The molecule has 2 aromatic heterocycles. The van der Waals surface area contributed by atoms with Gasteiger partial charge in [0.1, 0.15) is 5.82 Å². The lowest BCUT2D eigenvalue weighted by Gasteiger charge is -2.19. The first-order valence-electron chi connectivity index (χ1n) is 6.88. The van der Waals surface area contributed by atoms with Gasteiger partial charge < -0.3 is 5.32 Å². The maximum Gasteiger partial charge on any atom is 0.220 e. The molecule has 0 bridgehead atoms. The van der Waals surface area contributed by atoms with Gasteiger partial charge in [0.05, 0.1) is 10.4 Å². The normalized spacial score (nSPS) is 12.6. The summed E-state index contributed by atoms with van der Waals surface area (Å²) >= 11 is 7.39. The highest BCUT2D eigenvalue weighted by atomic mass is 35.5. The number of nitrogens with one attached hydrogen (secondary N) is 2. The third-order valence-electron chi connectivity index (χ3n) is 3.10. The second-order valence-corrected chi connectivity index (χ2v) is 7.07. The van der Waals surface area contributed by atoms with Crippen molar-refractivity contribution in [1.29, 1.82) is 0 Å². The highest BCUT2D eigenvalue weighted by molar-refractivity contribution is 7.16. The van der Waals surface area contributed by atoms with Gasteiger partial charge in [0.25, 0.3) is 0 Å². The molecule has 2 rings (SSSR count). The fraction of sp³-hybridized carbons (Fsp3) is 0.500. The van der Waals surface area contributed by atoms with Crippen molar-refractivity contribution in [2.75, 3.05) is 0 Å². The number of aryl methyl sites for hydroxylation is 2. The molecule has 0 aliphatic carbocycles. The van der Waals surface area contributed by atoms with E-state index in [0.717, 1.165) is 15.0 Å². The Hall–Kier alpha value is -1.40. The first-order valence-corrected chi connectivity index (χ1v) is 8.07. The zero-order valence-electron chi connectivity index (χ0n) is 12.3. The predicted octanol–water partition coefficient (Wildman–Crippen LogP) is 3.27. The van der Waals surface area contributed by atoms with Gasteiger partial charge in [-0.25, -0.2) is 4.98 Å². The Morgan fingerprint density at radius 1 is 1.48 bits per heavy atom. The highest BCUT2D eigenvalue weighted by Gasteiger charge is 2.22. The van der Waals surface area contributed by atoms with Crippen LogP contribution < -0.4 is 5.32 Å². The largest absolute Gasteiger partial charge is 0.346 e. The number of aromatic amines is 1. The molecule has 0 aromatic carbocycles. The van der Waals surface area contributed by atoms with Crippen molar-refractivity contribution in [3.63, 3.8) is 0 Å². The van der Waals surface area contributed by atoms with E-state index >= 15 is 0 Å². The lowest BCUT2D eigenvalue weighted by atomic mass is 10.0. The summed E-state index contributed by atoms with van der Waals surface area (Å²) in [6.45, 7) is 5.92. The first kappa shape index (κ1) is 16.0. The minimum absolute atomic E-state index is 0.000625. The van der Waals surface area contributed by atoms with Gasteiger partial charge in [0.15, 0.2) is 5.82 Å². The van der Waals surface area contributed by atoms with Gasteiger partial charge in [-0.3, -0.25) is 9.89 Å². The zero-order valence-corrected chi connectivity index (χ0v) is 13.9. The molecule has 1 amide bonds. The Labute approximate surface area is 133 Å². The van der Waals surface area contributed by atoms with Gasteiger partial charge in [0.2, 0.25) is 5.91 Å². The van der Waals surface area contributed by atoms with E-state index in [1.807, 2.05) is 32.9 Å². The standard InChI is InChI=1S/C14H19ClN4OS/c1-8(2)13(14-16-9(3)18-19-14)17-12(20)7-5-10-4-6-11(15)21-10/h4,6,8,13H,5,7H2,1-3H3,(H,17,20)(H,16,18,19)/t13-/m1/s1. The number of halogens is 1. The molecule has 5 nitrogen and oxygen atoms in total. The molecule has 114 valence electrons. The Bertz CT molecular complexity index is 608. The number of aromatic nitrogens is 3. The number of H-pyrrole nitrogens is 1. The van der Waals surface area contributed by atoms with Crippen LogP contribution in [0.1, 0.15) is 42.8 Å². The third kappa shape index (κ3) is 4.54. The van der Waals surface area contributed by atoms with Crippen LogP contribution in [0.2, 0.25) is 4.34 Å². The number of nitrogens with zero attached hydrogens (tertiary/aromatic N) is 2. The van der Waals surface area contributed by atoms with Crippen LogP contribution >= 0.6 is 22.9 Å². The maximum atomic E-state index is 12.1. The molecule has 0 saturated heterocycles. The van der Waals surface area contributed by atoms with E-state index in [-0.39, 0.29) is 17.9 Å². The van der Waals surface area contributed by atoms with Crippen molar-refractivity contribution in [3.05, 3.63) is 33.0 Å². The van der Waals surface area contributed by atoms with Crippen LogP contribution in [0.4, 0.5) is 0 Å². The minimum atomic E-state index is -0.172. The SMILES string of the molecule is Cc1nc([C@H](NC(=O)CCc2ccc(Cl)s2)C(C)C)n[nH]1. The van der Waals surface area contributed by atoms with Crippen LogP contribution in [0.15, 0.2) is 12.1 Å². The Kier molecular flexibility index (Phi) is 5.36. The minimum Gasteiger partial charge on any atom is -0.346 e. The lowest BCUT2D eigenvalue weighted by Crippen LogP contribution is -2.32. The molecule has 0 aliphatic rings. The van der Waals surface area contributed by atoms with E-state index in [9.17, 15) is 4.79 Å². The van der Waals surface area contributed by atoms with Gasteiger partial charge in [0, 0.05) is 11.3 Å². The maximum absolute atomic E-state index is 12.1. The molecule has 2 N–H and O–H groups in total. The van der Waals surface area contributed by atoms with Gasteiger partial charge in [-0.15, -0.1) is 11.3 Å². The summed E-state index contributed by atoms with van der Waals surface area (Å²) in [6.07, 6.45) is 1.13. The van der Waals surface area contributed by atoms with Crippen LogP contribution in [-0.2, 0) is 11.2 Å². The van der Waals surface area contributed by atoms with E-state index in [1.54, 1.807) is 0 Å². The lowest BCUT2D eigenvalue weighted by molar-refractivity contribution is -0.122. The molecular weight excluding hydrogens is 308 g/mol. The van der Waals surface area contributed by atoms with Crippen molar-refractivity contribution in [2.45, 2.75) is 39.7 Å². The molecule has 0 spiro atoms. The molecule has 7 heteroatoms. The van der Waals surface area contributed by atoms with Crippen LogP contribution in [0.25, 0.3) is 0 Å². The predicted molar refractivity (Wildman–Crippen MR) is 84.5 cm³/mol. The number of rotatable bonds is 6. The average Bonchev–Trinajstić information content (AvgIpc) is 3.02. The van der Waals surface area contributed by atoms with Crippen molar-refractivity contribution >= 4 is 28.8 Å². The van der Waals surface area contributed by atoms with E-state index < -0.39 is 0 Å². The fourth-order valence-electron chi connectivity index (χ4n) is 2.00. The molecular formula is C14H19ClN4OS. The van der Waals surface area contributed by atoms with Crippen molar-refractivity contribution < 1.29 is 4.79 Å². The number of amides is 1. The summed E-state index contributed by atoms with van der Waals surface area (Å²) in [5.74, 6) is 1.61. The summed E-state index contributed by atoms with van der Waals surface area (Å²) in [5.41, 5.74) is 0. The van der Waals surface area contributed by atoms with Gasteiger partial charge in [-0.2, -0.15) is 5.10 Å². The summed E-state index contributed by atoms with van der Waals surface area (Å²) < 4.78 is 0.752. The molecule has 0 aliphatic heterocycles. The Morgan fingerprint density at radius 3 is 2.76 bits per heavy atom. The van der Waals surface area contributed by atoms with Crippen molar-refractivity contribution in [3.8, 4) is 0 Å². The van der Waals surface area contributed by atoms with Crippen LogP contribution in [0.3, 0.4) is 0 Å². The highest BCUT2D eigenvalue weighted by Crippen LogP contribution is 2.23. The molecule has 0 fully saturated rings. The smallest absolute Gasteiger partial charge is 0.220 e. The summed E-state index contributed by atoms with van der Waals surface area (Å²) in [6, 6.07) is 3.64.